The molecule has 1 heterocycles. The minimum absolute atomic E-state index is 0.680. The highest BCUT2D eigenvalue weighted by Crippen LogP contribution is 2.47. The van der Waals surface area contributed by atoms with Gasteiger partial charge in [-0.15, -0.1) is 0 Å². The number of rotatable bonds is 0. The average molecular weight is 288 g/mol. The van der Waals surface area contributed by atoms with Gasteiger partial charge in [0.05, 0.1) is 5.57 Å². The van der Waals surface area contributed by atoms with Crippen LogP contribution < -0.4 is 0 Å². The molecule has 0 unspecified atom stereocenters. The molecule has 3 aromatic rings. The van der Waals surface area contributed by atoms with E-state index in [1.54, 1.807) is 11.8 Å². The van der Waals surface area contributed by atoms with Crippen molar-refractivity contribution in [3.05, 3.63) is 71.3 Å². The molecule has 2 heteroatoms. The van der Waals surface area contributed by atoms with Crippen LogP contribution in [0.25, 0.3) is 16.3 Å². The largest absolute Gasteiger partial charge is 0.233 e. The third-order valence-electron chi connectivity index (χ3n) is 3.87. The smallest absolute Gasteiger partial charge is 0.133 e. The van der Waals surface area contributed by atoms with Gasteiger partial charge < -0.3 is 0 Å². The molecule has 0 fully saturated rings. The van der Waals surface area contributed by atoms with Gasteiger partial charge in [0, 0.05) is 20.9 Å². The number of hydrogen-bond acceptors (Lipinski definition) is 2. The molecule has 21 heavy (non-hydrogen) atoms. The lowest BCUT2D eigenvalue weighted by Crippen LogP contribution is -2.01. The van der Waals surface area contributed by atoms with Crippen molar-refractivity contribution in [1.29, 1.82) is 0 Å². The first-order chi connectivity index (χ1) is 10.3. The molecule has 1 nitrogen and oxygen atoms in total. The van der Waals surface area contributed by atoms with Gasteiger partial charge in [0.15, 0.2) is 0 Å². The van der Waals surface area contributed by atoms with Crippen molar-refractivity contribution in [2.45, 2.75) is 16.7 Å². The maximum absolute atomic E-state index is 11.7. The first-order valence-electron chi connectivity index (χ1n) is 6.84. The molecule has 0 spiro atoms. The molecule has 0 radical (unpaired) electrons. The van der Waals surface area contributed by atoms with Crippen molar-refractivity contribution in [1.82, 2.24) is 0 Å². The predicted molar refractivity (Wildman–Crippen MR) is 87.5 cm³/mol. The Morgan fingerprint density at radius 1 is 0.952 bits per heavy atom. The fourth-order valence-corrected chi connectivity index (χ4v) is 3.98. The minimum Gasteiger partial charge on any atom is -0.233 e. The van der Waals surface area contributed by atoms with Crippen LogP contribution in [0.5, 0.6) is 0 Å². The zero-order valence-corrected chi connectivity index (χ0v) is 12.3. The SMILES string of the molecule is Cc1ccc2c(c1)C(=C=O)c1c(ccc3ccccc13)S2. The number of aryl methyl sites for hydroxylation is 1. The number of benzene rings is 3. The maximum Gasteiger partial charge on any atom is 0.133 e. The van der Waals surface area contributed by atoms with Gasteiger partial charge in [0.25, 0.3) is 0 Å². The Morgan fingerprint density at radius 2 is 1.76 bits per heavy atom. The summed E-state index contributed by atoms with van der Waals surface area (Å²) in [6.07, 6.45) is 0. The van der Waals surface area contributed by atoms with E-state index in [0.29, 0.717) is 5.57 Å². The van der Waals surface area contributed by atoms with Gasteiger partial charge in [-0.1, -0.05) is 53.7 Å². The van der Waals surface area contributed by atoms with Crippen LogP contribution in [0.3, 0.4) is 0 Å². The van der Waals surface area contributed by atoms with Gasteiger partial charge >= 0.3 is 0 Å². The van der Waals surface area contributed by atoms with E-state index in [1.807, 2.05) is 19.1 Å². The van der Waals surface area contributed by atoms with E-state index in [-0.39, 0.29) is 0 Å². The second-order valence-electron chi connectivity index (χ2n) is 5.24. The van der Waals surface area contributed by atoms with Crippen LogP contribution in [0.2, 0.25) is 0 Å². The van der Waals surface area contributed by atoms with Crippen molar-refractivity contribution in [2.75, 3.05) is 0 Å². The molecule has 0 saturated heterocycles. The van der Waals surface area contributed by atoms with Crippen LogP contribution in [-0.2, 0) is 4.79 Å². The summed E-state index contributed by atoms with van der Waals surface area (Å²) in [6.45, 7) is 2.05. The van der Waals surface area contributed by atoms with Crippen molar-refractivity contribution in [3.8, 4) is 0 Å². The summed E-state index contributed by atoms with van der Waals surface area (Å²) in [5.74, 6) is 2.19. The Labute approximate surface area is 127 Å². The fraction of sp³-hybridized carbons (Fsp3) is 0.0526. The zero-order valence-electron chi connectivity index (χ0n) is 11.5. The van der Waals surface area contributed by atoms with E-state index in [2.05, 4.69) is 48.4 Å². The second kappa shape index (κ2) is 4.63. The molecule has 0 saturated carbocycles. The predicted octanol–water partition coefficient (Wildman–Crippen LogP) is 4.88. The second-order valence-corrected chi connectivity index (χ2v) is 6.32. The lowest BCUT2D eigenvalue weighted by Gasteiger charge is -2.21. The van der Waals surface area contributed by atoms with Gasteiger partial charge in [0.1, 0.15) is 5.94 Å². The van der Waals surface area contributed by atoms with E-state index in [9.17, 15) is 4.79 Å². The average Bonchev–Trinajstić information content (AvgIpc) is 2.52. The molecule has 0 aromatic heterocycles. The quantitative estimate of drug-likeness (QED) is 0.429. The molecule has 1 aliphatic rings. The lowest BCUT2D eigenvalue weighted by atomic mass is 9.93. The van der Waals surface area contributed by atoms with Gasteiger partial charge in [0.2, 0.25) is 0 Å². The molecule has 0 N–H and O–H groups in total. The van der Waals surface area contributed by atoms with Crippen molar-refractivity contribution < 1.29 is 4.79 Å². The molecule has 0 bridgehead atoms. The molecule has 4 rings (SSSR count). The summed E-state index contributed by atoms with van der Waals surface area (Å²) in [4.78, 5) is 13.9. The topological polar surface area (TPSA) is 17.1 Å². The number of carbonyl (C=O) groups excluding carboxylic acids is 1. The highest BCUT2D eigenvalue weighted by molar-refractivity contribution is 7.99. The monoisotopic (exact) mass is 288 g/mol. The highest BCUT2D eigenvalue weighted by Gasteiger charge is 2.23. The summed E-state index contributed by atoms with van der Waals surface area (Å²) < 4.78 is 0. The third kappa shape index (κ3) is 1.84. The highest BCUT2D eigenvalue weighted by atomic mass is 32.2. The van der Waals surface area contributed by atoms with Gasteiger partial charge in [-0.05, 0) is 35.9 Å². The Hall–Kier alpha value is -2.28. The van der Waals surface area contributed by atoms with Crippen LogP contribution in [-0.4, -0.2) is 5.94 Å². The van der Waals surface area contributed by atoms with Crippen molar-refractivity contribution in [3.63, 3.8) is 0 Å². The summed E-state index contributed by atoms with van der Waals surface area (Å²) in [5.41, 5.74) is 3.86. The van der Waals surface area contributed by atoms with Crippen LogP contribution in [0.4, 0.5) is 0 Å². The van der Waals surface area contributed by atoms with Gasteiger partial charge in [-0.3, -0.25) is 0 Å². The Morgan fingerprint density at radius 3 is 2.62 bits per heavy atom. The standard InChI is InChI=1S/C19H12OS/c1-12-6-8-17-15(10-12)16(11-20)19-14-5-3-2-4-13(14)7-9-18(19)21-17/h2-10H,1H3. The van der Waals surface area contributed by atoms with E-state index >= 15 is 0 Å². The summed E-state index contributed by atoms with van der Waals surface area (Å²) in [7, 11) is 0. The van der Waals surface area contributed by atoms with E-state index < -0.39 is 0 Å². The van der Waals surface area contributed by atoms with Crippen molar-refractivity contribution in [2.24, 2.45) is 0 Å². The van der Waals surface area contributed by atoms with E-state index in [1.165, 1.54) is 0 Å². The minimum atomic E-state index is 0.680. The molecule has 1 aliphatic heterocycles. The number of hydrogen-bond donors (Lipinski definition) is 0. The first-order valence-corrected chi connectivity index (χ1v) is 7.65. The van der Waals surface area contributed by atoms with Crippen molar-refractivity contribution >= 4 is 34.0 Å². The molecule has 100 valence electrons. The Balaban J connectivity index is 2.11. The lowest BCUT2D eigenvalue weighted by molar-refractivity contribution is 0.569. The van der Waals surface area contributed by atoms with Crippen LogP contribution in [0.15, 0.2) is 64.4 Å². The van der Waals surface area contributed by atoms with E-state index in [0.717, 1.165) is 37.3 Å². The maximum atomic E-state index is 11.7. The fourth-order valence-electron chi connectivity index (χ4n) is 2.88. The van der Waals surface area contributed by atoms with Gasteiger partial charge in [-0.2, -0.15) is 0 Å². The van der Waals surface area contributed by atoms with Crippen LogP contribution in [0.1, 0.15) is 16.7 Å². The molecule has 0 atom stereocenters. The summed E-state index contributed by atoms with van der Waals surface area (Å²) in [6, 6.07) is 18.7. The third-order valence-corrected chi connectivity index (χ3v) is 5.00. The number of fused-ring (bicyclic) bond motifs is 4. The van der Waals surface area contributed by atoms with Crippen LogP contribution in [0, 0.1) is 6.92 Å². The summed E-state index contributed by atoms with van der Waals surface area (Å²) >= 11 is 1.73. The summed E-state index contributed by atoms with van der Waals surface area (Å²) in [5, 5.41) is 2.27. The first kappa shape index (κ1) is 12.5. The van der Waals surface area contributed by atoms with E-state index in [4.69, 9.17) is 0 Å². The zero-order chi connectivity index (χ0) is 14.4. The molecular weight excluding hydrogens is 276 g/mol. The molecule has 0 amide bonds. The van der Waals surface area contributed by atoms with Gasteiger partial charge in [-0.25, -0.2) is 4.79 Å². The Bertz CT molecular complexity index is 933. The molecule has 3 aromatic carbocycles. The molecular formula is C19H12OS. The Kier molecular flexibility index (Phi) is 2.75. The molecule has 0 aliphatic carbocycles. The normalized spacial score (nSPS) is 12.7. The van der Waals surface area contributed by atoms with Crippen LogP contribution >= 0.6 is 11.8 Å².